The molecular formula is C9H13N3O3S. The second-order valence-electron chi connectivity index (χ2n) is 3.62. The van der Waals surface area contributed by atoms with Gasteiger partial charge in [-0.2, -0.15) is 17.4 Å². The number of hydrogen-bond donors (Lipinski definition) is 2. The minimum atomic E-state index is -3.47. The molecule has 88 valence electrons. The lowest BCUT2D eigenvalue weighted by molar-refractivity contribution is 0.0539. The molecule has 0 saturated carbocycles. The van der Waals surface area contributed by atoms with Gasteiger partial charge in [0.2, 0.25) is 0 Å². The third-order valence-corrected chi connectivity index (χ3v) is 3.82. The Kier molecular flexibility index (Phi) is 3.20. The zero-order valence-corrected chi connectivity index (χ0v) is 9.39. The molecule has 7 heteroatoms. The van der Waals surface area contributed by atoms with Gasteiger partial charge in [-0.3, -0.25) is 4.98 Å². The number of pyridine rings is 1. The fourth-order valence-corrected chi connectivity index (χ4v) is 2.62. The fourth-order valence-electron chi connectivity index (χ4n) is 1.37. The number of nitrogens with one attached hydrogen (secondary N) is 1. The van der Waals surface area contributed by atoms with Crippen LogP contribution in [0.4, 0.5) is 0 Å². The molecule has 1 aromatic rings. The van der Waals surface area contributed by atoms with Crippen molar-refractivity contribution in [2.75, 3.05) is 13.1 Å². The molecule has 0 radical (unpaired) electrons. The van der Waals surface area contributed by atoms with E-state index in [4.69, 9.17) is 5.11 Å². The first-order valence-electron chi connectivity index (χ1n) is 4.90. The largest absolute Gasteiger partial charge is 0.390 e. The second kappa shape index (κ2) is 4.46. The summed E-state index contributed by atoms with van der Waals surface area (Å²) < 4.78 is 26.8. The summed E-state index contributed by atoms with van der Waals surface area (Å²) >= 11 is 0. The minimum Gasteiger partial charge on any atom is -0.390 e. The summed E-state index contributed by atoms with van der Waals surface area (Å²) in [5, 5.41) is 9.02. The van der Waals surface area contributed by atoms with E-state index in [-0.39, 0.29) is 19.6 Å². The van der Waals surface area contributed by atoms with Crippen molar-refractivity contribution >= 4 is 10.2 Å². The van der Waals surface area contributed by atoms with Crippen LogP contribution >= 0.6 is 0 Å². The van der Waals surface area contributed by atoms with Crippen molar-refractivity contribution in [2.45, 2.75) is 12.6 Å². The Morgan fingerprint density at radius 1 is 1.50 bits per heavy atom. The van der Waals surface area contributed by atoms with Gasteiger partial charge in [0, 0.05) is 19.3 Å². The molecule has 0 spiro atoms. The third kappa shape index (κ3) is 2.56. The Morgan fingerprint density at radius 3 is 2.81 bits per heavy atom. The van der Waals surface area contributed by atoms with Crippen molar-refractivity contribution in [1.29, 1.82) is 0 Å². The first-order valence-corrected chi connectivity index (χ1v) is 6.34. The monoisotopic (exact) mass is 243 g/mol. The van der Waals surface area contributed by atoms with Crippen LogP contribution in [0.3, 0.4) is 0 Å². The van der Waals surface area contributed by atoms with E-state index in [0.29, 0.717) is 5.69 Å². The Hall–Kier alpha value is -1.02. The molecule has 16 heavy (non-hydrogen) atoms. The molecule has 0 unspecified atom stereocenters. The van der Waals surface area contributed by atoms with Crippen LogP contribution in [-0.4, -0.2) is 42.0 Å². The predicted molar refractivity (Wildman–Crippen MR) is 57.6 cm³/mol. The lowest BCUT2D eigenvalue weighted by Crippen LogP contribution is -2.56. The summed E-state index contributed by atoms with van der Waals surface area (Å²) in [6.45, 7) is 0.491. The van der Waals surface area contributed by atoms with Crippen LogP contribution in [0.2, 0.25) is 0 Å². The molecule has 2 N–H and O–H groups in total. The van der Waals surface area contributed by atoms with Crippen molar-refractivity contribution in [3.8, 4) is 0 Å². The SMILES string of the molecule is O=S(=O)(NCc1ccccn1)N1CC(O)C1. The normalized spacial score (nSPS) is 18.3. The molecule has 0 aromatic carbocycles. The molecule has 0 amide bonds. The fraction of sp³-hybridized carbons (Fsp3) is 0.444. The first-order chi connectivity index (χ1) is 7.58. The van der Waals surface area contributed by atoms with Crippen molar-refractivity contribution in [3.05, 3.63) is 30.1 Å². The smallest absolute Gasteiger partial charge is 0.279 e. The van der Waals surface area contributed by atoms with Gasteiger partial charge in [-0.25, -0.2) is 0 Å². The highest BCUT2D eigenvalue weighted by Crippen LogP contribution is 2.11. The number of aliphatic hydroxyl groups excluding tert-OH is 1. The van der Waals surface area contributed by atoms with Gasteiger partial charge in [-0.1, -0.05) is 6.07 Å². The summed E-state index contributed by atoms with van der Waals surface area (Å²) in [5.74, 6) is 0. The Bertz CT molecular complexity index is 442. The van der Waals surface area contributed by atoms with Gasteiger partial charge in [-0.05, 0) is 12.1 Å². The molecule has 1 fully saturated rings. The topological polar surface area (TPSA) is 82.5 Å². The van der Waals surface area contributed by atoms with Gasteiger partial charge < -0.3 is 5.11 Å². The molecule has 1 aromatic heterocycles. The molecule has 2 heterocycles. The minimum absolute atomic E-state index is 0.162. The average Bonchev–Trinajstić information content (AvgIpc) is 2.24. The molecule has 1 aliphatic heterocycles. The molecule has 2 rings (SSSR count). The maximum atomic E-state index is 11.6. The summed E-state index contributed by atoms with van der Waals surface area (Å²) in [4.78, 5) is 4.01. The van der Waals surface area contributed by atoms with Crippen molar-refractivity contribution in [1.82, 2.24) is 14.0 Å². The Labute approximate surface area is 94.1 Å². The van der Waals surface area contributed by atoms with E-state index in [2.05, 4.69) is 9.71 Å². The molecule has 1 saturated heterocycles. The quantitative estimate of drug-likeness (QED) is 0.717. The zero-order valence-electron chi connectivity index (χ0n) is 8.57. The summed E-state index contributed by atoms with van der Waals surface area (Å²) in [6, 6.07) is 5.31. The number of rotatable bonds is 4. The number of aromatic nitrogens is 1. The first kappa shape index (κ1) is 11.5. The van der Waals surface area contributed by atoms with Crippen LogP contribution in [0.1, 0.15) is 5.69 Å². The maximum Gasteiger partial charge on any atom is 0.279 e. The summed E-state index contributed by atoms with van der Waals surface area (Å²) in [7, 11) is -3.47. The highest BCUT2D eigenvalue weighted by atomic mass is 32.2. The molecule has 0 atom stereocenters. The Morgan fingerprint density at radius 2 is 2.25 bits per heavy atom. The highest BCUT2D eigenvalue weighted by Gasteiger charge is 2.34. The number of aliphatic hydroxyl groups is 1. The Balaban J connectivity index is 1.90. The lowest BCUT2D eigenvalue weighted by Gasteiger charge is -2.34. The number of nitrogens with zero attached hydrogens (tertiary/aromatic N) is 2. The molecule has 0 bridgehead atoms. The van der Waals surface area contributed by atoms with Gasteiger partial charge in [0.15, 0.2) is 0 Å². The zero-order chi connectivity index (χ0) is 11.6. The van der Waals surface area contributed by atoms with Gasteiger partial charge >= 0.3 is 0 Å². The van der Waals surface area contributed by atoms with Gasteiger partial charge in [0.25, 0.3) is 10.2 Å². The van der Waals surface area contributed by atoms with Crippen LogP contribution in [-0.2, 0) is 16.8 Å². The van der Waals surface area contributed by atoms with E-state index in [1.165, 1.54) is 4.31 Å². The second-order valence-corrected chi connectivity index (χ2v) is 5.37. The predicted octanol–water partition coefficient (Wildman–Crippen LogP) is -0.907. The standard InChI is InChI=1S/C9H13N3O3S/c13-9-6-12(7-9)16(14,15)11-5-8-3-1-2-4-10-8/h1-4,9,11,13H,5-7H2. The lowest BCUT2D eigenvalue weighted by atomic mass is 10.2. The van der Waals surface area contributed by atoms with E-state index in [1.54, 1.807) is 24.4 Å². The van der Waals surface area contributed by atoms with E-state index >= 15 is 0 Å². The third-order valence-electron chi connectivity index (χ3n) is 2.33. The van der Waals surface area contributed by atoms with Crippen LogP contribution in [0.5, 0.6) is 0 Å². The molecule has 6 nitrogen and oxygen atoms in total. The molecule has 1 aliphatic rings. The van der Waals surface area contributed by atoms with Crippen molar-refractivity contribution < 1.29 is 13.5 Å². The van der Waals surface area contributed by atoms with Crippen LogP contribution < -0.4 is 4.72 Å². The van der Waals surface area contributed by atoms with Gasteiger partial charge in [0.05, 0.1) is 18.3 Å². The van der Waals surface area contributed by atoms with E-state index in [1.807, 2.05) is 0 Å². The van der Waals surface area contributed by atoms with Crippen LogP contribution in [0, 0.1) is 0 Å². The van der Waals surface area contributed by atoms with Gasteiger partial charge in [-0.15, -0.1) is 0 Å². The van der Waals surface area contributed by atoms with Gasteiger partial charge in [0.1, 0.15) is 0 Å². The maximum absolute atomic E-state index is 11.6. The van der Waals surface area contributed by atoms with Crippen molar-refractivity contribution in [3.63, 3.8) is 0 Å². The summed E-state index contributed by atoms with van der Waals surface area (Å²) in [5.41, 5.74) is 0.659. The number of β-amino-alcohol motifs (C(OH)–C–C–N with tert-alkyl or cyclic N) is 1. The van der Waals surface area contributed by atoms with Crippen LogP contribution in [0.25, 0.3) is 0 Å². The van der Waals surface area contributed by atoms with E-state index in [0.717, 1.165) is 0 Å². The highest BCUT2D eigenvalue weighted by molar-refractivity contribution is 7.87. The van der Waals surface area contributed by atoms with E-state index < -0.39 is 16.3 Å². The van der Waals surface area contributed by atoms with Crippen LogP contribution in [0.15, 0.2) is 24.4 Å². The van der Waals surface area contributed by atoms with E-state index in [9.17, 15) is 8.42 Å². The number of hydrogen-bond acceptors (Lipinski definition) is 4. The molecular weight excluding hydrogens is 230 g/mol. The van der Waals surface area contributed by atoms with Crippen molar-refractivity contribution in [2.24, 2.45) is 0 Å². The average molecular weight is 243 g/mol. The summed E-state index contributed by atoms with van der Waals surface area (Å²) in [6.07, 6.45) is 1.07. The molecule has 0 aliphatic carbocycles.